The van der Waals surface area contributed by atoms with Gasteiger partial charge >= 0.3 is 0 Å². The summed E-state index contributed by atoms with van der Waals surface area (Å²) in [6, 6.07) is 12.5. The number of carbonyl (C=O) groups is 1. The fourth-order valence-corrected chi connectivity index (χ4v) is 3.45. The first kappa shape index (κ1) is 19.9. The quantitative estimate of drug-likeness (QED) is 0.645. The Balaban J connectivity index is 1.96. The average molecular weight is 376 g/mol. The van der Waals surface area contributed by atoms with Gasteiger partial charge in [0, 0.05) is 17.8 Å². The number of ether oxygens (including phenoxy) is 1. The molecule has 0 unspecified atom stereocenters. The van der Waals surface area contributed by atoms with Crippen molar-refractivity contribution in [2.24, 2.45) is 0 Å². The second-order valence-electron chi connectivity index (χ2n) is 5.69. The minimum Gasteiger partial charge on any atom is -0.492 e. The number of sulfonamides is 1. The van der Waals surface area contributed by atoms with Gasteiger partial charge in [-0.15, -0.1) is 0 Å². The molecule has 0 aromatic heterocycles. The highest BCUT2D eigenvalue weighted by molar-refractivity contribution is 7.92. The number of likely N-dealkylation sites (N-methyl/N-ethyl adjacent to an activating group) is 1. The molecule has 2 aromatic carbocycles. The average Bonchev–Trinajstić information content (AvgIpc) is 2.66. The molecule has 2 rings (SSSR count). The van der Waals surface area contributed by atoms with E-state index in [1.54, 1.807) is 24.3 Å². The van der Waals surface area contributed by atoms with Crippen LogP contribution in [0.25, 0.3) is 0 Å². The van der Waals surface area contributed by atoms with Gasteiger partial charge in [-0.1, -0.05) is 26.0 Å². The van der Waals surface area contributed by atoms with Gasteiger partial charge in [0.2, 0.25) is 0 Å². The molecule has 0 aliphatic carbocycles. The minimum atomic E-state index is -3.70. The molecule has 2 aromatic rings. The summed E-state index contributed by atoms with van der Waals surface area (Å²) < 4.78 is 32.9. The van der Waals surface area contributed by atoms with E-state index in [0.717, 1.165) is 19.6 Å². The highest BCUT2D eigenvalue weighted by Crippen LogP contribution is 2.19. The van der Waals surface area contributed by atoms with Gasteiger partial charge in [0.25, 0.3) is 10.0 Å². The van der Waals surface area contributed by atoms with Gasteiger partial charge in [0.15, 0.2) is 0 Å². The van der Waals surface area contributed by atoms with Gasteiger partial charge in [0.05, 0.1) is 4.90 Å². The van der Waals surface area contributed by atoms with Crippen LogP contribution in [0.2, 0.25) is 0 Å². The van der Waals surface area contributed by atoms with Crippen molar-refractivity contribution in [1.29, 1.82) is 0 Å². The maximum absolute atomic E-state index is 12.4. The normalized spacial score (nSPS) is 11.3. The van der Waals surface area contributed by atoms with Crippen LogP contribution in [0.15, 0.2) is 53.4 Å². The molecule has 1 N–H and O–H groups in total. The van der Waals surface area contributed by atoms with E-state index < -0.39 is 10.0 Å². The van der Waals surface area contributed by atoms with E-state index >= 15 is 0 Å². The first-order valence-electron chi connectivity index (χ1n) is 8.51. The molecule has 0 aliphatic heterocycles. The monoisotopic (exact) mass is 376 g/mol. The van der Waals surface area contributed by atoms with Crippen LogP contribution in [0, 0.1) is 0 Å². The van der Waals surface area contributed by atoms with Crippen LogP contribution in [-0.4, -0.2) is 45.8 Å². The van der Waals surface area contributed by atoms with Crippen LogP contribution in [0.3, 0.4) is 0 Å². The molecule has 26 heavy (non-hydrogen) atoms. The summed E-state index contributed by atoms with van der Waals surface area (Å²) in [5, 5.41) is 0. The third-order valence-corrected chi connectivity index (χ3v) is 5.40. The number of nitrogens with one attached hydrogen (secondary N) is 1. The standard InChI is InChI=1S/C19H24N2O4S/c1-3-21(4-2)13-14-25-18-9-7-17(8-10-18)20-26(23,24)19-11-5-16(15-22)6-12-19/h5-12,15,20H,3-4,13-14H2,1-2H3. The van der Waals surface area contributed by atoms with Crippen LogP contribution < -0.4 is 9.46 Å². The van der Waals surface area contributed by atoms with Crippen molar-refractivity contribution >= 4 is 22.0 Å². The predicted molar refractivity (Wildman–Crippen MR) is 102 cm³/mol. The molecule has 0 fully saturated rings. The van der Waals surface area contributed by atoms with E-state index in [0.29, 0.717) is 29.9 Å². The lowest BCUT2D eigenvalue weighted by molar-refractivity contribution is 0.112. The van der Waals surface area contributed by atoms with Crippen molar-refractivity contribution in [2.75, 3.05) is 31.0 Å². The molecular weight excluding hydrogens is 352 g/mol. The molecule has 7 heteroatoms. The second kappa shape index (κ2) is 9.35. The van der Waals surface area contributed by atoms with Crippen LogP contribution in [0.4, 0.5) is 5.69 Å². The van der Waals surface area contributed by atoms with Crippen LogP contribution in [0.1, 0.15) is 24.2 Å². The molecule has 0 bridgehead atoms. The van der Waals surface area contributed by atoms with Gasteiger partial charge in [-0.2, -0.15) is 0 Å². The van der Waals surface area contributed by atoms with Gasteiger partial charge in [-0.05, 0) is 49.5 Å². The summed E-state index contributed by atoms with van der Waals surface area (Å²) in [5.41, 5.74) is 0.871. The van der Waals surface area contributed by atoms with Gasteiger partial charge in [-0.3, -0.25) is 9.52 Å². The van der Waals surface area contributed by atoms with E-state index in [9.17, 15) is 13.2 Å². The zero-order valence-electron chi connectivity index (χ0n) is 15.0. The molecule has 0 saturated carbocycles. The summed E-state index contributed by atoms with van der Waals surface area (Å²) in [6.07, 6.45) is 0.669. The number of rotatable bonds is 10. The largest absolute Gasteiger partial charge is 0.492 e. The summed E-state index contributed by atoms with van der Waals surface area (Å²) in [5.74, 6) is 0.690. The Labute approximate surface area is 154 Å². The molecule has 0 aliphatic rings. The molecule has 0 spiro atoms. The Morgan fingerprint density at radius 2 is 1.62 bits per heavy atom. The summed E-state index contributed by atoms with van der Waals surface area (Å²) in [4.78, 5) is 13.0. The Hall–Kier alpha value is -2.38. The number of hydrogen-bond acceptors (Lipinski definition) is 5. The molecule has 0 atom stereocenters. The number of anilines is 1. The number of benzene rings is 2. The lowest BCUT2D eigenvalue weighted by Gasteiger charge is -2.18. The minimum absolute atomic E-state index is 0.0997. The summed E-state index contributed by atoms with van der Waals surface area (Å²) >= 11 is 0. The topological polar surface area (TPSA) is 75.7 Å². The van der Waals surface area contributed by atoms with E-state index in [1.165, 1.54) is 24.3 Å². The van der Waals surface area contributed by atoms with E-state index in [2.05, 4.69) is 23.5 Å². The van der Waals surface area contributed by atoms with Gasteiger partial charge in [-0.25, -0.2) is 8.42 Å². The van der Waals surface area contributed by atoms with Crippen molar-refractivity contribution in [3.05, 3.63) is 54.1 Å². The summed E-state index contributed by atoms with van der Waals surface area (Å²) in [6.45, 7) is 7.60. The zero-order valence-corrected chi connectivity index (χ0v) is 15.8. The van der Waals surface area contributed by atoms with Crippen molar-refractivity contribution in [1.82, 2.24) is 4.90 Å². The van der Waals surface area contributed by atoms with Gasteiger partial charge < -0.3 is 9.64 Å². The fraction of sp³-hybridized carbons (Fsp3) is 0.316. The van der Waals surface area contributed by atoms with E-state index in [-0.39, 0.29) is 4.90 Å². The number of nitrogens with zero attached hydrogens (tertiary/aromatic N) is 1. The lowest BCUT2D eigenvalue weighted by Crippen LogP contribution is -2.27. The first-order valence-corrected chi connectivity index (χ1v) is 10.00. The van der Waals surface area contributed by atoms with E-state index in [1.807, 2.05) is 0 Å². The molecule has 0 saturated heterocycles. The Kier molecular flexibility index (Phi) is 7.17. The molecule has 6 nitrogen and oxygen atoms in total. The highest BCUT2D eigenvalue weighted by atomic mass is 32.2. The van der Waals surface area contributed by atoms with Crippen molar-refractivity contribution in [3.8, 4) is 5.75 Å². The van der Waals surface area contributed by atoms with Crippen molar-refractivity contribution < 1.29 is 17.9 Å². The fourth-order valence-electron chi connectivity index (χ4n) is 2.39. The number of carbonyl (C=O) groups excluding carboxylic acids is 1. The SMILES string of the molecule is CCN(CC)CCOc1ccc(NS(=O)(=O)c2ccc(C=O)cc2)cc1. The molecule has 0 amide bonds. The maximum atomic E-state index is 12.4. The van der Waals surface area contributed by atoms with Crippen LogP contribution in [-0.2, 0) is 10.0 Å². The molecule has 140 valence electrons. The Morgan fingerprint density at radius 1 is 1.00 bits per heavy atom. The Morgan fingerprint density at radius 3 is 2.15 bits per heavy atom. The van der Waals surface area contributed by atoms with E-state index in [4.69, 9.17) is 4.74 Å². The van der Waals surface area contributed by atoms with Crippen molar-refractivity contribution in [3.63, 3.8) is 0 Å². The number of aldehydes is 1. The smallest absolute Gasteiger partial charge is 0.261 e. The van der Waals surface area contributed by atoms with Crippen LogP contribution in [0.5, 0.6) is 5.75 Å². The molecule has 0 heterocycles. The van der Waals surface area contributed by atoms with Crippen LogP contribution >= 0.6 is 0 Å². The third-order valence-electron chi connectivity index (χ3n) is 4.00. The third kappa shape index (κ3) is 5.57. The second-order valence-corrected chi connectivity index (χ2v) is 7.37. The Bertz CT molecular complexity index is 798. The lowest BCUT2D eigenvalue weighted by atomic mass is 10.2. The molecule has 0 radical (unpaired) electrons. The van der Waals surface area contributed by atoms with Gasteiger partial charge in [0.1, 0.15) is 18.6 Å². The molecular formula is C19H24N2O4S. The predicted octanol–water partition coefficient (Wildman–Crippen LogP) is 3.02. The maximum Gasteiger partial charge on any atom is 0.261 e. The summed E-state index contributed by atoms with van der Waals surface area (Å²) in [7, 11) is -3.70. The zero-order chi connectivity index (χ0) is 19.0. The first-order chi connectivity index (χ1) is 12.5. The highest BCUT2D eigenvalue weighted by Gasteiger charge is 2.14. The number of hydrogen-bond donors (Lipinski definition) is 1. The van der Waals surface area contributed by atoms with Crippen molar-refractivity contribution in [2.45, 2.75) is 18.7 Å².